The van der Waals surface area contributed by atoms with Gasteiger partial charge in [-0.1, -0.05) is 226 Å². The van der Waals surface area contributed by atoms with Crippen molar-refractivity contribution in [1.29, 1.82) is 0 Å². The number of carbonyl (C=O) groups excluding carboxylic acids is 2. The third-order valence-electron chi connectivity index (χ3n) is 17.8. The zero-order valence-corrected chi connectivity index (χ0v) is 53.8. The van der Waals surface area contributed by atoms with Gasteiger partial charge in [-0.25, -0.2) is 4.79 Å². The van der Waals surface area contributed by atoms with Crippen molar-refractivity contribution in [2.24, 2.45) is 0 Å². The Kier molecular flexibility index (Phi) is 42.5. The van der Waals surface area contributed by atoms with Crippen LogP contribution in [0.15, 0.2) is 0 Å². The lowest BCUT2D eigenvalue weighted by atomic mass is 9.88. The van der Waals surface area contributed by atoms with Gasteiger partial charge < -0.3 is 100 Å². The summed E-state index contributed by atoms with van der Waals surface area (Å²) >= 11 is 0. The number of aliphatic carboxylic acids is 1. The van der Waals surface area contributed by atoms with Gasteiger partial charge in [0, 0.05) is 19.8 Å². The first-order chi connectivity index (χ1) is 42.4. The molecule has 0 radical (unpaired) electrons. The van der Waals surface area contributed by atoms with Crippen molar-refractivity contribution in [2.75, 3.05) is 26.4 Å². The highest BCUT2D eigenvalue weighted by molar-refractivity contribution is 5.77. The number of amides is 2. The minimum Gasteiger partial charge on any atom is -0.477 e. The number of ether oxygens (including phenoxy) is 6. The molecule has 0 aliphatic carbocycles. The van der Waals surface area contributed by atoms with E-state index in [9.17, 15) is 75.7 Å². The summed E-state index contributed by atoms with van der Waals surface area (Å²) in [4.78, 5) is 38.5. The van der Waals surface area contributed by atoms with Gasteiger partial charge in [-0.05, 0) is 12.8 Å². The normalized spacial score (nSPS) is 28.9. The zero-order valence-electron chi connectivity index (χ0n) is 53.8. The number of hydrogen-bond acceptors (Lipinski definition) is 20. The molecule has 18 unspecified atom stereocenters. The van der Waals surface area contributed by atoms with Crippen LogP contribution in [0.5, 0.6) is 0 Å². The Bertz CT molecular complexity index is 1790. The number of hydrogen-bond donors (Lipinski definition) is 14. The van der Waals surface area contributed by atoms with E-state index in [2.05, 4.69) is 24.5 Å². The molecule has 518 valence electrons. The average molecular weight is 1270 g/mol. The molecular weight excluding hydrogens is 1140 g/mol. The van der Waals surface area contributed by atoms with E-state index in [4.69, 9.17) is 28.4 Å². The highest BCUT2D eigenvalue weighted by Crippen LogP contribution is 2.39. The monoisotopic (exact) mass is 1270 g/mol. The van der Waals surface area contributed by atoms with Gasteiger partial charge in [-0.2, -0.15) is 0 Å². The summed E-state index contributed by atoms with van der Waals surface area (Å²) in [6, 6.07) is -2.52. The molecule has 0 aromatic carbocycles. The maximum absolute atomic E-state index is 13.5. The fourth-order valence-corrected chi connectivity index (χ4v) is 12.3. The predicted molar refractivity (Wildman–Crippen MR) is 329 cm³/mol. The number of carbonyl (C=O) groups is 3. The first-order valence-electron chi connectivity index (χ1n) is 34.4. The Balaban J connectivity index is 1.59. The predicted octanol–water partition coefficient (Wildman–Crippen LogP) is 5.73. The Morgan fingerprint density at radius 2 is 0.989 bits per heavy atom. The molecular formula is C65H122N2O21. The number of carboxylic acids is 1. The number of nitrogens with one attached hydrogen (secondary N) is 2. The molecule has 3 aliphatic rings. The van der Waals surface area contributed by atoms with Crippen LogP contribution in [0.1, 0.15) is 258 Å². The topological polar surface area (TPSA) is 373 Å². The highest BCUT2D eigenvalue weighted by atomic mass is 16.8. The van der Waals surface area contributed by atoms with E-state index in [0.717, 1.165) is 51.9 Å². The smallest absolute Gasteiger partial charge is 0.364 e. The van der Waals surface area contributed by atoms with E-state index in [1.54, 1.807) is 0 Å². The van der Waals surface area contributed by atoms with Gasteiger partial charge >= 0.3 is 5.97 Å². The molecule has 2 amide bonds. The fourth-order valence-electron chi connectivity index (χ4n) is 12.3. The van der Waals surface area contributed by atoms with Crippen LogP contribution in [-0.4, -0.2) is 215 Å². The van der Waals surface area contributed by atoms with Gasteiger partial charge in [0.1, 0.15) is 67.1 Å². The summed E-state index contributed by atoms with van der Waals surface area (Å²) < 4.78 is 34.8. The molecule has 3 fully saturated rings. The Morgan fingerprint density at radius 1 is 0.545 bits per heavy atom. The second kappa shape index (κ2) is 46.7. The first-order valence-corrected chi connectivity index (χ1v) is 34.4. The van der Waals surface area contributed by atoms with Crippen LogP contribution < -0.4 is 10.6 Å². The second-order valence-electron chi connectivity index (χ2n) is 25.4. The molecule has 0 bridgehead atoms. The van der Waals surface area contributed by atoms with E-state index < -0.39 is 148 Å². The van der Waals surface area contributed by atoms with Crippen LogP contribution in [0.25, 0.3) is 0 Å². The maximum Gasteiger partial charge on any atom is 0.364 e. The first kappa shape index (κ1) is 80.0. The van der Waals surface area contributed by atoms with Crippen LogP contribution >= 0.6 is 0 Å². The van der Waals surface area contributed by atoms with Crippen LogP contribution in [0, 0.1) is 0 Å². The van der Waals surface area contributed by atoms with Gasteiger partial charge in [0.05, 0.1) is 50.7 Å². The zero-order chi connectivity index (χ0) is 64.7. The van der Waals surface area contributed by atoms with Crippen molar-refractivity contribution >= 4 is 17.8 Å². The number of aliphatic hydroxyl groups is 11. The molecule has 0 spiro atoms. The van der Waals surface area contributed by atoms with Crippen molar-refractivity contribution in [1.82, 2.24) is 10.6 Å². The van der Waals surface area contributed by atoms with E-state index >= 15 is 0 Å². The Morgan fingerprint density at radius 3 is 1.42 bits per heavy atom. The summed E-state index contributed by atoms with van der Waals surface area (Å²) in [7, 11) is 0. The van der Waals surface area contributed by atoms with E-state index in [1.165, 1.54) is 161 Å². The molecule has 0 aromatic heterocycles. The molecule has 0 aromatic rings. The van der Waals surface area contributed by atoms with Crippen molar-refractivity contribution in [2.45, 2.75) is 368 Å². The quantitative estimate of drug-likeness (QED) is 0.0323. The number of unbranched alkanes of at least 4 members (excludes halogenated alkanes) is 32. The minimum atomic E-state index is -3.08. The van der Waals surface area contributed by atoms with E-state index in [0.29, 0.717) is 19.3 Å². The number of rotatable bonds is 52. The van der Waals surface area contributed by atoms with Gasteiger partial charge in [0.2, 0.25) is 11.8 Å². The van der Waals surface area contributed by atoms with Crippen molar-refractivity contribution in [3.63, 3.8) is 0 Å². The molecule has 3 rings (SSSR count). The molecule has 0 saturated carbocycles. The summed E-state index contributed by atoms with van der Waals surface area (Å²) in [5.74, 6) is -6.09. The van der Waals surface area contributed by atoms with E-state index in [1.807, 2.05) is 0 Å². The number of carboxylic acid groups (broad SMARTS) is 1. The molecule has 18 atom stereocenters. The molecule has 3 heterocycles. The summed E-state index contributed by atoms with van der Waals surface area (Å²) in [6.45, 7) is 2.22. The lowest BCUT2D eigenvalue weighted by Gasteiger charge is -2.50. The largest absolute Gasteiger partial charge is 0.477 e. The number of aliphatic hydroxyl groups excluding tert-OH is 11. The molecule has 14 N–H and O–H groups in total. The lowest BCUT2D eigenvalue weighted by molar-refractivity contribution is -0.386. The lowest BCUT2D eigenvalue weighted by Crippen LogP contribution is -2.70. The van der Waals surface area contributed by atoms with Gasteiger partial charge in [-0.15, -0.1) is 0 Å². The summed E-state index contributed by atoms with van der Waals surface area (Å²) in [5, 5.41) is 136. The summed E-state index contributed by atoms with van der Waals surface area (Å²) in [6.07, 6.45) is 12.5. The third kappa shape index (κ3) is 29.4. The molecule has 23 nitrogen and oxygen atoms in total. The van der Waals surface area contributed by atoms with E-state index in [-0.39, 0.29) is 18.9 Å². The van der Waals surface area contributed by atoms with Crippen molar-refractivity contribution in [3.05, 3.63) is 0 Å². The highest BCUT2D eigenvalue weighted by Gasteiger charge is 2.60. The summed E-state index contributed by atoms with van der Waals surface area (Å²) in [5.41, 5.74) is 0. The molecule has 3 saturated heterocycles. The minimum absolute atomic E-state index is 0.229. The van der Waals surface area contributed by atoms with Crippen LogP contribution in [0.2, 0.25) is 0 Å². The standard InChI is InChI=1S/C65H122N2O21/c1-4-6-8-10-12-14-16-18-20-21-22-23-24-25-27-29-31-33-35-37-39-52(75)67-46(47(72)38-36-34-32-30-28-26-19-17-15-13-11-9-7-5-2)44-83-62-57(79)56(78)59(51(43-70)85-62)86-63-58(80)61(55(77)50(42-69)84-63)88-65(64(81)82)40-48(73)53(66-45(3)71)60(87-65)54(76)49(74)41-68/h46-51,53-63,68-70,72-74,76-80H,4-44H2,1-3H3,(H,66,71)(H,67,75)(H,81,82). The molecule has 3 aliphatic heterocycles. The maximum atomic E-state index is 13.5. The Hall–Kier alpha value is -2.27. The Labute approximate surface area is 525 Å². The molecule has 88 heavy (non-hydrogen) atoms. The van der Waals surface area contributed by atoms with Crippen LogP contribution in [-0.2, 0) is 42.8 Å². The van der Waals surface area contributed by atoms with Crippen molar-refractivity contribution < 1.29 is 104 Å². The third-order valence-corrected chi connectivity index (χ3v) is 17.8. The van der Waals surface area contributed by atoms with Gasteiger partial charge in [-0.3, -0.25) is 9.59 Å². The fraction of sp³-hybridized carbons (Fsp3) is 0.954. The second-order valence-corrected chi connectivity index (χ2v) is 25.4. The SMILES string of the molecule is CCCCCCCCCCCCCCCCCCCCCCC(=O)NC(COC1OC(CO)C(OC2OC(CO)C(O)C(OC3(C(=O)O)CC(O)C(NC(C)=O)C(C(O)C(O)CO)O3)C2O)C(O)C1O)C(O)CCCCCCCCCCCCCCCC. The molecule has 23 heteroatoms. The average Bonchev–Trinajstić information content (AvgIpc) is 0.944. The van der Waals surface area contributed by atoms with Crippen LogP contribution in [0.3, 0.4) is 0 Å². The van der Waals surface area contributed by atoms with Gasteiger partial charge in [0.15, 0.2) is 12.6 Å². The van der Waals surface area contributed by atoms with Gasteiger partial charge in [0.25, 0.3) is 5.79 Å². The van der Waals surface area contributed by atoms with Crippen LogP contribution in [0.4, 0.5) is 0 Å². The van der Waals surface area contributed by atoms with Crippen molar-refractivity contribution in [3.8, 4) is 0 Å².